The molecule has 4 heterocycles. The van der Waals surface area contributed by atoms with Crippen LogP contribution in [-0.4, -0.2) is 17.9 Å². The Morgan fingerprint density at radius 2 is 0.773 bits per heavy atom. The van der Waals surface area contributed by atoms with Crippen molar-refractivity contribution in [1.29, 1.82) is 0 Å². The predicted molar refractivity (Wildman–Crippen MR) is 182 cm³/mol. The Balaban J connectivity index is 1.24. The zero-order valence-electron chi connectivity index (χ0n) is 23.8. The van der Waals surface area contributed by atoms with Gasteiger partial charge in [0.1, 0.15) is 11.3 Å². The summed E-state index contributed by atoms with van der Waals surface area (Å²) >= 11 is 0. The predicted octanol–water partition coefficient (Wildman–Crippen LogP) is 10.1. The van der Waals surface area contributed by atoms with Crippen LogP contribution in [-0.2, 0) is 0 Å². The summed E-state index contributed by atoms with van der Waals surface area (Å²) in [5.74, 6) is 0. The topological polar surface area (TPSA) is 18.7 Å². The van der Waals surface area contributed by atoms with E-state index in [1.54, 1.807) is 0 Å². The first-order valence-corrected chi connectivity index (χ1v) is 15.0. The highest BCUT2D eigenvalue weighted by Crippen LogP contribution is 2.36. The van der Waals surface area contributed by atoms with Crippen LogP contribution in [0.15, 0.2) is 158 Å². The molecular weight excluding hydrogens is 536 g/mol. The molecule has 0 aliphatic carbocycles. The molecule has 0 atom stereocenters. The standard InChI is InChI=1S/C40H26N4/c1-3-12-31(13-4-1)41-34-17-9-10-18-35(34)44-37-23-27(19-20-30(37)26-40(41)44)28-21-22-36-38(24-28)43-33-16-8-7-11-29(33)25-39(43)42(36)32-14-5-2-6-15-32/h1-26H. The molecule has 206 valence electrons. The number of fused-ring (bicyclic) bond motifs is 10. The maximum Gasteiger partial charge on any atom is 0.123 e. The minimum Gasteiger partial charge on any atom is -0.294 e. The molecule has 0 saturated carbocycles. The van der Waals surface area contributed by atoms with Crippen molar-refractivity contribution in [3.63, 3.8) is 0 Å². The summed E-state index contributed by atoms with van der Waals surface area (Å²) in [5.41, 5.74) is 14.3. The fourth-order valence-electron chi connectivity index (χ4n) is 7.20. The molecule has 6 aromatic carbocycles. The molecule has 0 fully saturated rings. The van der Waals surface area contributed by atoms with Crippen LogP contribution in [0.2, 0.25) is 0 Å². The summed E-state index contributed by atoms with van der Waals surface area (Å²) in [6, 6.07) is 57.0. The second kappa shape index (κ2) is 8.76. The summed E-state index contributed by atoms with van der Waals surface area (Å²) in [4.78, 5) is 0. The zero-order valence-corrected chi connectivity index (χ0v) is 23.8. The number of aromatic nitrogens is 4. The van der Waals surface area contributed by atoms with Gasteiger partial charge in [-0.25, -0.2) is 0 Å². The van der Waals surface area contributed by atoms with Gasteiger partial charge < -0.3 is 0 Å². The van der Waals surface area contributed by atoms with Gasteiger partial charge in [0.05, 0.1) is 33.1 Å². The smallest absolute Gasteiger partial charge is 0.123 e. The summed E-state index contributed by atoms with van der Waals surface area (Å²) < 4.78 is 9.55. The van der Waals surface area contributed by atoms with Crippen molar-refractivity contribution in [3.05, 3.63) is 158 Å². The summed E-state index contributed by atoms with van der Waals surface area (Å²) in [5, 5.41) is 2.47. The molecule has 4 nitrogen and oxygen atoms in total. The third-order valence-corrected chi connectivity index (χ3v) is 9.12. The molecule has 4 heteroatoms. The fraction of sp³-hybridized carbons (Fsp3) is 0. The number of imidazole rings is 2. The third-order valence-electron chi connectivity index (χ3n) is 9.12. The van der Waals surface area contributed by atoms with Crippen LogP contribution in [0.3, 0.4) is 0 Å². The second-order valence-electron chi connectivity index (χ2n) is 11.5. The van der Waals surface area contributed by atoms with Gasteiger partial charge >= 0.3 is 0 Å². The highest BCUT2D eigenvalue weighted by atomic mass is 15.1. The maximum atomic E-state index is 2.41. The van der Waals surface area contributed by atoms with Gasteiger partial charge in [-0.3, -0.25) is 17.9 Å². The van der Waals surface area contributed by atoms with Crippen molar-refractivity contribution >= 4 is 55.2 Å². The van der Waals surface area contributed by atoms with Crippen LogP contribution < -0.4 is 0 Å². The van der Waals surface area contributed by atoms with Gasteiger partial charge in [-0.1, -0.05) is 84.9 Å². The molecule has 0 N–H and O–H groups in total. The molecule has 0 aliphatic heterocycles. The Kier molecular flexibility index (Phi) is 4.69. The number of rotatable bonds is 3. The van der Waals surface area contributed by atoms with E-state index in [2.05, 4.69) is 176 Å². The van der Waals surface area contributed by atoms with Crippen LogP contribution >= 0.6 is 0 Å². The van der Waals surface area contributed by atoms with Crippen molar-refractivity contribution in [2.24, 2.45) is 0 Å². The van der Waals surface area contributed by atoms with E-state index in [0.717, 1.165) is 11.4 Å². The molecule has 0 spiro atoms. The molecule has 44 heavy (non-hydrogen) atoms. The lowest BCUT2D eigenvalue weighted by molar-refractivity contribution is 1.15. The van der Waals surface area contributed by atoms with Crippen molar-refractivity contribution in [1.82, 2.24) is 17.9 Å². The van der Waals surface area contributed by atoms with E-state index in [9.17, 15) is 0 Å². The van der Waals surface area contributed by atoms with Crippen LogP contribution in [0.1, 0.15) is 0 Å². The Bertz CT molecular complexity index is 2700. The quantitative estimate of drug-likeness (QED) is 0.204. The number of hydrogen-bond acceptors (Lipinski definition) is 0. The molecule has 0 unspecified atom stereocenters. The normalized spacial score (nSPS) is 12.1. The molecule has 0 aliphatic rings. The summed E-state index contributed by atoms with van der Waals surface area (Å²) in [6.07, 6.45) is 0. The maximum absolute atomic E-state index is 2.41. The Labute approximate surface area is 252 Å². The van der Waals surface area contributed by atoms with E-state index in [1.165, 1.54) is 66.3 Å². The highest BCUT2D eigenvalue weighted by molar-refractivity contribution is 6.00. The third kappa shape index (κ3) is 3.17. The fourth-order valence-corrected chi connectivity index (χ4v) is 7.20. The average Bonchev–Trinajstić information content (AvgIpc) is 3.81. The SMILES string of the molecule is c1ccc(-n2c3ccccc3n3c4cc(-c5ccc6c(c5)n5c7ccccc7cc5n6-c5ccccc5)ccc4cc23)cc1. The van der Waals surface area contributed by atoms with Crippen molar-refractivity contribution in [2.75, 3.05) is 0 Å². The van der Waals surface area contributed by atoms with Crippen LogP contribution in [0.25, 0.3) is 77.7 Å². The van der Waals surface area contributed by atoms with Crippen molar-refractivity contribution in [2.45, 2.75) is 0 Å². The van der Waals surface area contributed by atoms with Crippen LogP contribution in [0.5, 0.6) is 0 Å². The second-order valence-corrected chi connectivity index (χ2v) is 11.5. The van der Waals surface area contributed by atoms with E-state index in [0.29, 0.717) is 0 Å². The van der Waals surface area contributed by atoms with Gasteiger partial charge in [0.2, 0.25) is 0 Å². The summed E-state index contributed by atoms with van der Waals surface area (Å²) in [7, 11) is 0. The van der Waals surface area contributed by atoms with Crippen LogP contribution in [0.4, 0.5) is 0 Å². The molecule has 10 aromatic rings. The first kappa shape index (κ1) is 23.6. The first-order chi connectivity index (χ1) is 21.8. The van der Waals surface area contributed by atoms with E-state index in [4.69, 9.17) is 0 Å². The molecule has 4 aromatic heterocycles. The Hall–Kier alpha value is -6.00. The molecule has 0 radical (unpaired) electrons. The summed E-state index contributed by atoms with van der Waals surface area (Å²) in [6.45, 7) is 0. The number of hydrogen-bond donors (Lipinski definition) is 0. The first-order valence-electron chi connectivity index (χ1n) is 15.0. The van der Waals surface area contributed by atoms with Gasteiger partial charge in [0.25, 0.3) is 0 Å². The molecular formula is C40H26N4. The van der Waals surface area contributed by atoms with Crippen molar-refractivity contribution in [3.8, 4) is 22.5 Å². The average molecular weight is 563 g/mol. The molecule has 0 bridgehead atoms. The molecule has 10 rings (SSSR count). The zero-order chi connectivity index (χ0) is 28.8. The van der Waals surface area contributed by atoms with E-state index in [-0.39, 0.29) is 0 Å². The van der Waals surface area contributed by atoms with Gasteiger partial charge in [0.15, 0.2) is 0 Å². The van der Waals surface area contributed by atoms with Crippen LogP contribution in [0, 0.1) is 0 Å². The van der Waals surface area contributed by atoms with Crippen molar-refractivity contribution < 1.29 is 0 Å². The number of benzene rings is 6. The van der Waals surface area contributed by atoms with Gasteiger partial charge in [0, 0.05) is 22.1 Å². The van der Waals surface area contributed by atoms with E-state index in [1.807, 2.05) is 0 Å². The lowest BCUT2D eigenvalue weighted by Crippen LogP contribution is -1.92. The number of nitrogens with zero attached hydrogens (tertiary/aromatic N) is 4. The minimum absolute atomic E-state index is 1.16. The highest BCUT2D eigenvalue weighted by Gasteiger charge is 2.18. The lowest BCUT2D eigenvalue weighted by atomic mass is 10.0. The van der Waals surface area contributed by atoms with Gasteiger partial charge in [-0.2, -0.15) is 0 Å². The van der Waals surface area contributed by atoms with Gasteiger partial charge in [-0.15, -0.1) is 0 Å². The molecule has 0 amide bonds. The molecule has 0 saturated heterocycles. The minimum atomic E-state index is 1.16. The largest absolute Gasteiger partial charge is 0.294 e. The van der Waals surface area contributed by atoms with E-state index < -0.39 is 0 Å². The van der Waals surface area contributed by atoms with E-state index >= 15 is 0 Å². The van der Waals surface area contributed by atoms with Gasteiger partial charge in [-0.05, 0) is 83.9 Å². The lowest BCUT2D eigenvalue weighted by Gasteiger charge is -2.07. The Morgan fingerprint density at radius 3 is 1.45 bits per heavy atom. The monoisotopic (exact) mass is 562 g/mol. The Morgan fingerprint density at radius 1 is 0.295 bits per heavy atom. The number of para-hydroxylation sites is 5.